The van der Waals surface area contributed by atoms with Gasteiger partial charge in [0.15, 0.2) is 10.1 Å². The molecule has 14 heavy (non-hydrogen) atoms. The van der Waals surface area contributed by atoms with Gasteiger partial charge in [0, 0.05) is 20.3 Å². The third-order valence-electron chi connectivity index (χ3n) is 1.29. The van der Waals surface area contributed by atoms with E-state index in [0.29, 0.717) is 22.3 Å². The number of hydrogen-bond donors (Lipinski definition) is 0. The lowest BCUT2D eigenvalue weighted by Crippen LogP contribution is -2.17. The van der Waals surface area contributed by atoms with E-state index in [4.69, 9.17) is 33.9 Å². The highest BCUT2D eigenvalue weighted by Crippen LogP contribution is 2.06. The number of nitrogens with zero attached hydrogens (tertiary/aromatic N) is 1. The van der Waals surface area contributed by atoms with Crippen LogP contribution in [0.1, 0.15) is 6.92 Å². The lowest BCUT2D eigenvalue weighted by atomic mass is 10.3. The fourth-order valence-corrected chi connectivity index (χ4v) is 1.24. The second-order valence-electron chi connectivity index (χ2n) is 2.72. The molecule has 0 rings (SSSR count). The molecule has 0 saturated heterocycles. The minimum absolute atomic E-state index is 0.345. The first-order chi connectivity index (χ1) is 6.52. The van der Waals surface area contributed by atoms with Gasteiger partial charge in [0.2, 0.25) is 0 Å². The molecule has 0 atom stereocenters. The molecule has 0 radical (unpaired) electrons. The first kappa shape index (κ1) is 13.3. The molecule has 0 fully saturated rings. The van der Waals surface area contributed by atoms with Crippen molar-refractivity contribution in [2.75, 3.05) is 27.8 Å². The smallest absolute Gasteiger partial charge is 0.197 e. The van der Waals surface area contributed by atoms with Crippen LogP contribution in [0.2, 0.25) is 0 Å². The van der Waals surface area contributed by atoms with E-state index >= 15 is 0 Å². The maximum atomic E-state index is 5.20. The molecule has 0 aliphatic carbocycles. The first-order valence-corrected chi connectivity index (χ1v) is 4.98. The van der Waals surface area contributed by atoms with E-state index in [-0.39, 0.29) is 0 Å². The Morgan fingerprint density at radius 3 is 2.21 bits per heavy atom. The van der Waals surface area contributed by atoms with E-state index in [2.05, 4.69) is 0 Å². The van der Waals surface area contributed by atoms with Crippen LogP contribution in [0.25, 0.3) is 0 Å². The van der Waals surface area contributed by atoms with Crippen LogP contribution in [0.4, 0.5) is 0 Å². The standard InChI is InChI=1S/C9H15NO2S2/c1-5-12-9(14)7(6-10(2)3)8(13)11-4/h6H,5H2,1-4H3/b7-6+. The van der Waals surface area contributed by atoms with Gasteiger partial charge in [0.1, 0.15) is 0 Å². The highest BCUT2D eigenvalue weighted by Gasteiger charge is 2.12. The summed E-state index contributed by atoms with van der Waals surface area (Å²) in [6.45, 7) is 2.39. The molecule has 3 nitrogen and oxygen atoms in total. The van der Waals surface area contributed by atoms with Gasteiger partial charge in [0.05, 0.1) is 19.3 Å². The van der Waals surface area contributed by atoms with Crippen LogP contribution in [-0.2, 0) is 9.47 Å². The Labute approximate surface area is 95.7 Å². The molecule has 0 N–H and O–H groups in total. The lowest BCUT2D eigenvalue weighted by molar-refractivity contribution is 0.335. The van der Waals surface area contributed by atoms with Crippen molar-refractivity contribution in [2.24, 2.45) is 0 Å². The van der Waals surface area contributed by atoms with Crippen molar-refractivity contribution in [3.05, 3.63) is 11.8 Å². The maximum Gasteiger partial charge on any atom is 0.197 e. The van der Waals surface area contributed by atoms with Crippen molar-refractivity contribution in [3.63, 3.8) is 0 Å². The summed E-state index contributed by atoms with van der Waals surface area (Å²) in [5, 5.41) is 0.713. The van der Waals surface area contributed by atoms with Crippen molar-refractivity contribution >= 4 is 34.5 Å². The van der Waals surface area contributed by atoms with Gasteiger partial charge in [-0.25, -0.2) is 0 Å². The molecule has 0 amide bonds. The quantitative estimate of drug-likeness (QED) is 0.543. The second kappa shape index (κ2) is 6.73. The van der Waals surface area contributed by atoms with Gasteiger partial charge >= 0.3 is 0 Å². The Bertz CT molecular complexity index is 249. The zero-order valence-corrected chi connectivity index (χ0v) is 10.5. The lowest BCUT2D eigenvalue weighted by Gasteiger charge is -2.13. The van der Waals surface area contributed by atoms with Crippen LogP contribution < -0.4 is 0 Å². The summed E-state index contributed by atoms with van der Waals surface area (Å²) >= 11 is 10.1. The van der Waals surface area contributed by atoms with E-state index in [9.17, 15) is 0 Å². The fourth-order valence-electron chi connectivity index (χ4n) is 0.766. The number of methoxy groups -OCH3 is 1. The predicted octanol–water partition coefficient (Wildman–Crippen LogP) is 1.77. The molecule has 0 aromatic rings. The van der Waals surface area contributed by atoms with Crippen molar-refractivity contribution < 1.29 is 9.47 Å². The van der Waals surface area contributed by atoms with E-state index in [0.717, 1.165) is 0 Å². The van der Waals surface area contributed by atoms with Gasteiger partial charge in [-0.1, -0.05) is 0 Å². The molecule has 0 aromatic heterocycles. The van der Waals surface area contributed by atoms with E-state index in [1.165, 1.54) is 7.11 Å². The molecule has 80 valence electrons. The van der Waals surface area contributed by atoms with Crippen molar-refractivity contribution in [1.29, 1.82) is 0 Å². The third kappa shape index (κ3) is 4.53. The van der Waals surface area contributed by atoms with Crippen LogP contribution in [-0.4, -0.2) is 42.8 Å². The molecule has 0 unspecified atom stereocenters. The summed E-state index contributed by atoms with van der Waals surface area (Å²) in [7, 11) is 5.28. The van der Waals surface area contributed by atoms with Crippen LogP contribution in [0, 0.1) is 0 Å². The van der Waals surface area contributed by atoms with Crippen LogP contribution in [0.3, 0.4) is 0 Å². The van der Waals surface area contributed by atoms with Gasteiger partial charge in [-0.3, -0.25) is 0 Å². The number of ether oxygens (including phenoxy) is 2. The molecule has 0 aliphatic rings. The van der Waals surface area contributed by atoms with Crippen molar-refractivity contribution in [3.8, 4) is 0 Å². The average molecular weight is 233 g/mol. The summed E-state index contributed by atoms with van der Waals surface area (Å²) in [6, 6.07) is 0. The zero-order valence-electron chi connectivity index (χ0n) is 8.86. The van der Waals surface area contributed by atoms with Crippen molar-refractivity contribution in [2.45, 2.75) is 6.92 Å². The average Bonchev–Trinajstić information content (AvgIpc) is 2.13. The molecule has 0 heterocycles. The summed E-state index contributed by atoms with van der Waals surface area (Å²) in [5.74, 6) is 0. The summed E-state index contributed by atoms with van der Waals surface area (Å²) in [5.41, 5.74) is 0.629. The number of rotatable bonds is 4. The SMILES string of the molecule is CCOC(=S)/C(=C/N(C)C)C(=S)OC. The summed E-state index contributed by atoms with van der Waals surface area (Å²) in [4.78, 5) is 1.84. The Morgan fingerprint density at radius 1 is 1.29 bits per heavy atom. The Hall–Kier alpha value is -0.680. The van der Waals surface area contributed by atoms with Gasteiger partial charge < -0.3 is 14.4 Å². The summed E-state index contributed by atoms with van der Waals surface area (Å²) in [6.07, 6.45) is 1.78. The summed E-state index contributed by atoms with van der Waals surface area (Å²) < 4.78 is 10.1. The van der Waals surface area contributed by atoms with E-state index in [1.807, 2.05) is 25.9 Å². The minimum atomic E-state index is 0.345. The van der Waals surface area contributed by atoms with Crippen LogP contribution >= 0.6 is 24.4 Å². The van der Waals surface area contributed by atoms with Gasteiger partial charge in [-0.2, -0.15) is 0 Å². The van der Waals surface area contributed by atoms with Gasteiger partial charge in [0.25, 0.3) is 0 Å². The fraction of sp³-hybridized carbons (Fsp3) is 0.556. The molecule has 5 heteroatoms. The molecule has 0 bridgehead atoms. The zero-order chi connectivity index (χ0) is 11.1. The topological polar surface area (TPSA) is 21.7 Å². The minimum Gasteiger partial charge on any atom is -0.486 e. The Balaban J connectivity index is 4.72. The van der Waals surface area contributed by atoms with Gasteiger partial charge in [-0.15, -0.1) is 0 Å². The molecule has 0 saturated carbocycles. The molecule has 0 aromatic carbocycles. The molecular formula is C9H15NO2S2. The molecule has 0 spiro atoms. The number of hydrogen-bond acceptors (Lipinski definition) is 5. The van der Waals surface area contributed by atoms with E-state index in [1.54, 1.807) is 6.20 Å². The Morgan fingerprint density at radius 2 is 1.86 bits per heavy atom. The second-order valence-corrected chi connectivity index (χ2v) is 3.46. The Kier molecular flexibility index (Phi) is 6.40. The third-order valence-corrected chi connectivity index (χ3v) is 2.01. The largest absolute Gasteiger partial charge is 0.486 e. The molecular weight excluding hydrogens is 218 g/mol. The van der Waals surface area contributed by atoms with Crippen LogP contribution in [0.5, 0.6) is 0 Å². The van der Waals surface area contributed by atoms with Crippen LogP contribution in [0.15, 0.2) is 11.8 Å². The maximum absolute atomic E-state index is 5.20. The molecule has 0 aliphatic heterocycles. The highest BCUT2D eigenvalue weighted by atomic mass is 32.1. The first-order valence-electron chi connectivity index (χ1n) is 4.16. The highest BCUT2D eigenvalue weighted by molar-refractivity contribution is 7.82. The van der Waals surface area contributed by atoms with Crippen molar-refractivity contribution in [1.82, 2.24) is 4.90 Å². The van der Waals surface area contributed by atoms with Gasteiger partial charge in [-0.05, 0) is 31.4 Å². The predicted molar refractivity (Wildman–Crippen MR) is 65.6 cm³/mol. The normalized spacial score (nSPS) is 10.7. The number of thiocarbonyl (C=S) groups is 2. The van der Waals surface area contributed by atoms with E-state index < -0.39 is 0 Å². The monoisotopic (exact) mass is 233 g/mol.